The lowest BCUT2D eigenvalue weighted by molar-refractivity contribution is 0.100. The van der Waals surface area contributed by atoms with Crippen molar-refractivity contribution in [2.45, 2.75) is 0 Å². The van der Waals surface area contributed by atoms with E-state index >= 15 is 0 Å². The Bertz CT molecular complexity index is 731. The number of hydrogen-bond donors (Lipinski definition) is 2. The van der Waals surface area contributed by atoms with Crippen LogP contribution in [0.1, 0.15) is 15.9 Å². The third-order valence-electron chi connectivity index (χ3n) is 2.93. The molecule has 0 unspecified atom stereocenters. The van der Waals surface area contributed by atoms with Crippen LogP contribution in [0, 0.1) is 11.8 Å². The third kappa shape index (κ3) is 4.18. The van der Waals surface area contributed by atoms with E-state index in [1.807, 2.05) is 12.1 Å². The first-order valence-electron chi connectivity index (χ1n) is 6.56. The van der Waals surface area contributed by atoms with E-state index in [0.717, 1.165) is 5.56 Å². The molecule has 2 aromatic carbocycles. The molecule has 4 nitrogen and oxygen atoms in total. The molecule has 0 spiro atoms. The summed E-state index contributed by atoms with van der Waals surface area (Å²) in [5, 5.41) is 3.79. The summed E-state index contributed by atoms with van der Waals surface area (Å²) in [6.07, 6.45) is 0. The second kappa shape index (κ2) is 7.39. The molecule has 0 aliphatic carbocycles. The van der Waals surface area contributed by atoms with Crippen molar-refractivity contribution in [3.05, 3.63) is 58.6 Å². The van der Waals surface area contributed by atoms with Crippen LogP contribution in [0.25, 0.3) is 0 Å². The van der Waals surface area contributed by atoms with Crippen molar-refractivity contribution in [2.24, 2.45) is 5.73 Å². The summed E-state index contributed by atoms with van der Waals surface area (Å²) in [5.74, 6) is 6.14. The number of halogens is 1. The Kier molecular flexibility index (Phi) is 5.29. The number of benzene rings is 2. The molecule has 0 aromatic heterocycles. The number of amides is 1. The van der Waals surface area contributed by atoms with Crippen LogP contribution in [0.2, 0.25) is 5.02 Å². The summed E-state index contributed by atoms with van der Waals surface area (Å²) in [4.78, 5) is 11.2. The summed E-state index contributed by atoms with van der Waals surface area (Å²) in [6.45, 7) is 0.404. The SMILES string of the molecule is COc1ccc(C(N)=O)cc1NCC#Cc1ccc(Cl)cc1. The van der Waals surface area contributed by atoms with Crippen LogP contribution in [-0.2, 0) is 0 Å². The van der Waals surface area contributed by atoms with Gasteiger partial charge in [0.1, 0.15) is 5.75 Å². The second-order valence-corrected chi connectivity index (χ2v) is 4.88. The molecule has 2 aromatic rings. The minimum Gasteiger partial charge on any atom is -0.495 e. The molecule has 0 atom stereocenters. The molecule has 3 N–H and O–H groups in total. The van der Waals surface area contributed by atoms with Crippen molar-refractivity contribution in [1.82, 2.24) is 0 Å². The first-order chi connectivity index (χ1) is 10.6. The quantitative estimate of drug-likeness (QED) is 0.853. The fraction of sp³-hybridized carbons (Fsp3) is 0.118. The molecule has 0 saturated carbocycles. The third-order valence-corrected chi connectivity index (χ3v) is 3.18. The smallest absolute Gasteiger partial charge is 0.248 e. The second-order valence-electron chi connectivity index (χ2n) is 4.44. The minimum atomic E-state index is -0.488. The Labute approximate surface area is 134 Å². The average Bonchev–Trinajstić information content (AvgIpc) is 2.53. The van der Waals surface area contributed by atoms with Crippen LogP contribution in [0.4, 0.5) is 5.69 Å². The zero-order valence-electron chi connectivity index (χ0n) is 12.0. The van der Waals surface area contributed by atoms with Gasteiger partial charge in [-0.05, 0) is 42.5 Å². The average molecular weight is 315 g/mol. The maximum Gasteiger partial charge on any atom is 0.248 e. The summed E-state index contributed by atoms with van der Waals surface area (Å²) in [6, 6.07) is 12.2. The van der Waals surface area contributed by atoms with Gasteiger partial charge in [0, 0.05) is 16.1 Å². The molecule has 0 fully saturated rings. The summed E-state index contributed by atoms with van der Waals surface area (Å²) < 4.78 is 5.23. The van der Waals surface area contributed by atoms with Crippen LogP contribution >= 0.6 is 11.6 Å². The highest BCUT2D eigenvalue weighted by Crippen LogP contribution is 2.25. The van der Waals surface area contributed by atoms with E-state index < -0.39 is 5.91 Å². The Morgan fingerprint density at radius 2 is 2.00 bits per heavy atom. The first kappa shape index (κ1) is 15.7. The maximum absolute atomic E-state index is 11.2. The molecule has 0 bridgehead atoms. The van der Waals surface area contributed by atoms with Crippen molar-refractivity contribution < 1.29 is 9.53 Å². The van der Waals surface area contributed by atoms with Gasteiger partial charge in [0.2, 0.25) is 5.91 Å². The fourth-order valence-electron chi connectivity index (χ4n) is 1.82. The summed E-state index contributed by atoms with van der Waals surface area (Å²) in [7, 11) is 1.56. The molecule has 0 radical (unpaired) electrons. The van der Waals surface area contributed by atoms with Gasteiger partial charge in [0.05, 0.1) is 19.3 Å². The Morgan fingerprint density at radius 1 is 1.27 bits per heavy atom. The van der Waals surface area contributed by atoms with Gasteiger partial charge in [-0.1, -0.05) is 23.4 Å². The van der Waals surface area contributed by atoms with Crippen LogP contribution in [0.15, 0.2) is 42.5 Å². The molecule has 5 heteroatoms. The van der Waals surface area contributed by atoms with Crippen LogP contribution < -0.4 is 15.8 Å². The standard InChI is InChI=1S/C17H15ClN2O2/c1-22-16-9-6-13(17(19)21)11-15(16)20-10-2-3-12-4-7-14(18)8-5-12/h4-9,11,20H,10H2,1H3,(H2,19,21). The zero-order chi connectivity index (χ0) is 15.9. The van der Waals surface area contributed by atoms with E-state index in [1.54, 1.807) is 37.4 Å². The minimum absolute atomic E-state index is 0.404. The van der Waals surface area contributed by atoms with Crippen LogP contribution in [0.5, 0.6) is 5.75 Å². The fourth-order valence-corrected chi connectivity index (χ4v) is 1.94. The molecular formula is C17H15ClN2O2. The zero-order valence-corrected chi connectivity index (χ0v) is 12.8. The highest BCUT2D eigenvalue weighted by molar-refractivity contribution is 6.30. The number of ether oxygens (including phenoxy) is 1. The molecular weight excluding hydrogens is 300 g/mol. The number of rotatable bonds is 4. The van der Waals surface area contributed by atoms with Crippen molar-refractivity contribution >= 4 is 23.2 Å². The van der Waals surface area contributed by atoms with Crippen molar-refractivity contribution in [2.75, 3.05) is 19.0 Å². The van der Waals surface area contributed by atoms with Crippen LogP contribution in [-0.4, -0.2) is 19.6 Å². The lowest BCUT2D eigenvalue weighted by atomic mass is 10.1. The number of hydrogen-bond acceptors (Lipinski definition) is 3. The lowest BCUT2D eigenvalue weighted by Crippen LogP contribution is -2.12. The first-order valence-corrected chi connectivity index (χ1v) is 6.94. The number of nitrogens with two attached hydrogens (primary N) is 1. The van der Waals surface area contributed by atoms with E-state index in [-0.39, 0.29) is 0 Å². The number of primary amides is 1. The largest absolute Gasteiger partial charge is 0.495 e. The monoisotopic (exact) mass is 314 g/mol. The van der Waals surface area contributed by atoms with Crippen LogP contribution in [0.3, 0.4) is 0 Å². The highest BCUT2D eigenvalue weighted by Gasteiger charge is 2.06. The number of nitrogens with one attached hydrogen (secondary N) is 1. The van der Waals surface area contributed by atoms with Crippen molar-refractivity contribution in [1.29, 1.82) is 0 Å². The Morgan fingerprint density at radius 3 is 2.64 bits per heavy atom. The summed E-state index contributed by atoms with van der Waals surface area (Å²) >= 11 is 5.81. The van der Waals surface area contributed by atoms with Gasteiger partial charge in [-0.2, -0.15) is 0 Å². The molecule has 0 saturated heterocycles. The van der Waals surface area contributed by atoms with Gasteiger partial charge in [-0.3, -0.25) is 4.79 Å². The molecule has 2 rings (SSSR count). The molecule has 22 heavy (non-hydrogen) atoms. The molecule has 1 amide bonds. The maximum atomic E-state index is 11.2. The molecule has 0 aliphatic rings. The molecule has 0 heterocycles. The van der Waals surface area contributed by atoms with Gasteiger partial charge in [-0.15, -0.1) is 0 Å². The van der Waals surface area contributed by atoms with Crippen molar-refractivity contribution in [3.8, 4) is 17.6 Å². The van der Waals surface area contributed by atoms with E-state index in [9.17, 15) is 4.79 Å². The van der Waals surface area contributed by atoms with Gasteiger partial charge in [-0.25, -0.2) is 0 Å². The van der Waals surface area contributed by atoms with Gasteiger partial charge >= 0.3 is 0 Å². The normalized spacial score (nSPS) is 9.55. The molecule has 112 valence electrons. The van der Waals surface area contributed by atoms with Crippen molar-refractivity contribution in [3.63, 3.8) is 0 Å². The number of methoxy groups -OCH3 is 1. The van der Waals surface area contributed by atoms with E-state index in [4.69, 9.17) is 22.1 Å². The predicted octanol–water partition coefficient (Wildman–Crippen LogP) is 2.91. The number of carbonyl (C=O) groups excluding carboxylic acids is 1. The van der Waals surface area contributed by atoms with E-state index in [2.05, 4.69) is 17.2 Å². The summed E-state index contributed by atoms with van der Waals surface area (Å²) in [5.41, 5.74) is 7.23. The van der Waals surface area contributed by atoms with Gasteiger partial charge in [0.15, 0.2) is 0 Å². The molecule has 0 aliphatic heterocycles. The van der Waals surface area contributed by atoms with Gasteiger partial charge in [0.25, 0.3) is 0 Å². The Hall–Kier alpha value is -2.64. The number of carbonyl (C=O) groups is 1. The lowest BCUT2D eigenvalue weighted by Gasteiger charge is -2.10. The van der Waals surface area contributed by atoms with E-state index in [0.29, 0.717) is 28.6 Å². The van der Waals surface area contributed by atoms with Gasteiger partial charge < -0.3 is 15.8 Å². The predicted molar refractivity (Wildman–Crippen MR) is 88.3 cm³/mol. The highest BCUT2D eigenvalue weighted by atomic mass is 35.5. The Balaban J connectivity index is 2.06. The topological polar surface area (TPSA) is 64.3 Å². The van der Waals surface area contributed by atoms with E-state index in [1.165, 1.54) is 0 Å². The number of anilines is 1.